The van der Waals surface area contributed by atoms with Crippen LogP contribution in [0.4, 0.5) is 0 Å². The fraction of sp³-hybridized carbons (Fsp3) is 0.786. The second-order valence-electron chi connectivity index (χ2n) is 6.14. The molecule has 1 atom stereocenters. The van der Waals surface area contributed by atoms with Crippen LogP contribution in [0.1, 0.15) is 37.3 Å². The highest BCUT2D eigenvalue weighted by Crippen LogP contribution is 2.17. The van der Waals surface area contributed by atoms with E-state index in [-0.39, 0.29) is 0 Å². The van der Waals surface area contributed by atoms with Crippen LogP contribution in [0.25, 0.3) is 0 Å². The van der Waals surface area contributed by atoms with Gasteiger partial charge >= 0.3 is 0 Å². The molecule has 23 heavy (non-hydrogen) atoms. The van der Waals surface area contributed by atoms with Gasteiger partial charge in [-0.3, -0.25) is 9.80 Å². The van der Waals surface area contributed by atoms with Gasteiger partial charge in [0.1, 0.15) is 0 Å². The van der Waals surface area contributed by atoms with E-state index in [1.165, 1.54) is 0 Å². The van der Waals surface area contributed by atoms with Crippen LogP contribution in [-0.2, 0) is 19.6 Å². The summed E-state index contributed by atoms with van der Waals surface area (Å²) in [4.78, 5) is 8.97. The normalized spacial score (nSPS) is 19.0. The minimum Gasteiger partial charge on any atom is -0.340 e. The Morgan fingerprint density at radius 1 is 1.39 bits per heavy atom. The Kier molecular flexibility index (Phi) is 4.97. The van der Waals surface area contributed by atoms with Crippen LogP contribution in [0.3, 0.4) is 0 Å². The number of hydrogen-bond donors (Lipinski definition) is 0. The average molecular weight is 320 g/mol. The van der Waals surface area contributed by atoms with Crippen molar-refractivity contribution in [2.45, 2.75) is 52.4 Å². The lowest BCUT2D eigenvalue weighted by molar-refractivity contribution is 0.213. The number of nitrogens with zero attached hydrogens (tertiary/aromatic N) is 8. The molecule has 0 radical (unpaired) electrons. The summed E-state index contributed by atoms with van der Waals surface area (Å²) in [5.41, 5.74) is 0. The van der Waals surface area contributed by atoms with E-state index in [1.807, 2.05) is 11.6 Å². The lowest BCUT2D eigenvalue weighted by atomic mass is 10.2. The van der Waals surface area contributed by atoms with Gasteiger partial charge in [0, 0.05) is 32.6 Å². The standard InChI is InChI=1S/C14H24N8O/c1-4-6-22-14(16-18-19-22)10-21-7-5-12(8-21)20(3)9-13-15-11(2)23-17-13/h12H,4-10H2,1-3H3. The molecule has 1 aliphatic heterocycles. The van der Waals surface area contributed by atoms with Gasteiger partial charge in [-0.1, -0.05) is 12.1 Å². The van der Waals surface area contributed by atoms with E-state index in [0.29, 0.717) is 18.5 Å². The zero-order valence-electron chi connectivity index (χ0n) is 14.0. The summed E-state index contributed by atoms with van der Waals surface area (Å²) >= 11 is 0. The second kappa shape index (κ2) is 7.14. The van der Waals surface area contributed by atoms with Gasteiger partial charge in [0.2, 0.25) is 5.89 Å². The largest absolute Gasteiger partial charge is 0.340 e. The maximum atomic E-state index is 5.03. The monoisotopic (exact) mass is 320 g/mol. The topological polar surface area (TPSA) is 89.0 Å². The van der Waals surface area contributed by atoms with Crippen molar-refractivity contribution in [1.29, 1.82) is 0 Å². The molecule has 9 heteroatoms. The quantitative estimate of drug-likeness (QED) is 0.728. The molecule has 0 aliphatic carbocycles. The molecule has 0 N–H and O–H groups in total. The molecule has 126 valence electrons. The molecule has 1 unspecified atom stereocenters. The van der Waals surface area contributed by atoms with Crippen molar-refractivity contribution in [1.82, 2.24) is 40.1 Å². The fourth-order valence-corrected chi connectivity index (χ4v) is 3.00. The van der Waals surface area contributed by atoms with Crippen LogP contribution in [0, 0.1) is 6.92 Å². The number of aryl methyl sites for hydroxylation is 2. The lowest BCUT2D eigenvalue weighted by Gasteiger charge is -2.23. The van der Waals surface area contributed by atoms with Gasteiger partial charge in [0.15, 0.2) is 11.6 Å². The van der Waals surface area contributed by atoms with Gasteiger partial charge in [0.25, 0.3) is 0 Å². The summed E-state index contributed by atoms with van der Waals surface area (Å²) < 4.78 is 6.93. The van der Waals surface area contributed by atoms with Gasteiger partial charge in [0.05, 0.1) is 13.1 Å². The Balaban J connectivity index is 1.52. The van der Waals surface area contributed by atoms with Crippen molar-refractivity contribution < 1.29 is 4.52 Å². The maximum Gasteiger partial charge on any atom is 0.223 e. The van der Waals surface area contributed by atoms with E-state index in [0.717, 1.165) is 50.7 Å². The number of likely N-dealkylation sites (N-methyl/N-ethyl adjacent to an activating group) is 1. The van der Waals surface area contributed by atoms with E-state index in [2.05, 4.69) is 49.4 Å². The van der Waals surface area contributed by atoms with Crippen LogP contribution in [0.5, 0.6) is 0 Å². The molecule has 3 heterocycles. The summed E-state index contributed by atoms with van der Waals surface area (Å²) in [5, 5.41) is 16.0. The zero-order chi connectivity index (χ0) is 16.2. The van der Waals surface area contributed by atoms with E-state index in [9.17, 15) is 0 Å². The Morgan fingerprint density at radius 3 is 3.00 bits per heavy atom. The lowest BCUT2D eigenvalue weighted by Crippen LogP contribution is -2.34. The number of likely N-dealkylation sites (tertiary alicyclic amines) is 1. The number of tetrazole rings is 1. The summed E-state index contributed by atoms with van der Waals surface area (Å²) in [6.45, 7) is 8.39. The van der Waals surface area contributed by atoms with Crippen molar-refractivity contribution in [2.75, 3.05) is 20.1 Å². The molecule has 3 rings (SSSR count). The molecule has 1 fully saturated rings. The summed E-state index contributed by atoms with van der Waals surface area (Å²) in [5.74, 6) is 2.31. The maximum absolute atomic E-state index is 5.03. The van der Waals surface area contributed by atoms with Crippen LogP contribution < -0.4 is 0 Å². The molecule has 2 aromatic rings. The summed E-state index contributed by atoms with van der Waals surface area (Å²) in [7, 11) is 2.11. The van der Waals surface area contributed by atoms with E-state index >= 15 is 0 Å². The molecule has 0 bridgehead atoms. The van der Waals surface area contributed by atoms with Crippen LogP contribution in [0.2, 0.25) is 0 Å². The van der Waals surface area contributed by atoms with Crippen molar-refractivity contribution in [3.8, 4) is 0 Å². The predicted molar refractivity (Wildman–Crippen MR) is 82.3 cm³/mol. The van der Waals surface area contributed by atoms with Gasteiger partial charge in [-0.2, -0.15) is 4.98 Å². The Hall–Kier alpha value is -1.87. The average Bonchev–Trinajstić information content (AvgIpc) is 3.23. The van der Waals surface area contributed by atoms with Gasteiger partial charge in [-0.15, -0.1) is 5.10 Å². The van der Waals surface area contributed by atoms with Crippen molar-refractivity contribution in [3.05, 3.63) is 17.5 Å². The summed E-state index contributed by atoms with van der Waals surface area (Å²) in [6.07, 6.45) is 2.16. The molecule has 0 amide bonds. The number of aromatic nitrogens is 6. The van der Waals surface area contributed by atoms with E-state index in [1.54, 1.807) is 0 Å². The minimum atomic E-state index is 0.490. The van der Waals surface area contributed by atoms with E-state index in [4.69, 9.17) is 4.52 Å². The smallest absolute Gasteiger partial charge is 0.223 e. The molecular formula is C14H24N8O. The van der Waals surface area contributed by atoms with Gasteiger partial charge in [-0.05, 0) is 30.3 Å². The highest BCUT2D eigenvalue weighted by Gasteiger charge is 2.27. The van der Waals surface area contributed by atoms with Crippen molar-refractivity contribution >= 4 is 0 Å². The van der Waals surface area contributed by atoms with E-state index < -0.39 is 0 Å². The summed E-state index contributed by atoms with van der Waals surface area (Å²) in [6, 6.07) is 0.490. The third-order valence-electron chi connectivity index (χ3n) is 4.24. The first-order chi connectivity index (χ1) is 11.2. The van der Waals surface area contributed by atoms with Crippen molar-refractivity contribution in [2.24, 2.45) is 0 Å². The molecular weight excluding hydrogens is 296 g/mol. The SMILES string of the molecule is CCCn1nnnc1CN1CCC(N(C)Cc2noc(C)n2)C1. The molecule has 9 nitrogen and oxygen atoms in total. The van der Waals surface area contributed by atoms with Crippen LogP contribution in [-0.4, -0.2) is 66.3 Å². The van der Waals surface area contributed by atoms with Crippen LogP contribution in [0.15, 0.2) is 4.52 Å². The Bertz CT molecular complexity index is 624. The first-order valence-corrected chi connectivity index (χ1v) is 8.12. The number of rotatable bonds is 7. The fourth-order valence-electron chi connectivity index (χ4n) is 3.00. The zero-order valence-corrected chi connectivity index (χ0v) is 14.0. The van der Waals surface area contributed by atoms with Crippen molar-refractivity contribution in [3.63, 3.8) is 0 Å². The molecule has 0 spiro atoms. The minimum absolute atomic E-state index is 0.490. The number of hydrogen-bond acceptors (Lipinski definition) is 8. The molecule has 1 aliphatic rings. The third-order valence-corrected chi connectivity index (χ3v) is 4.24. The van der Waals surface area contributed by atoms with Gasteiger partial charge < -0.3 is 4.52 Å². The molecule has 0 saturated carbocycles. The van der Waals surface area contributed by atoms with Crippen LogP contribution >= 0.6 is 0 Å². The predicted octanol–water partition coefficient (Wildman–Crippen LogP) is 0.481. The first kappa shape index (κ1) is 16.0. The van der Waals surface area contributed by atoms with Gasteiger partial charge in [-0.25, -0.2) is 4.68 Å². The molecule has 0 aromatic carbocycles. The second-order valence-corrected chi connectivity index (χ2v) is 6.14. The highest BCUT2D eigenvalue weighted by atomic mass is 16.5. The Labute approximate surface area is 135 Å². The third kappa shape index (κ3) is 3.91. The molecule has 1 saturated heterocycles. The first-order valence-electron chi connectivity index (χ1n) is 8.12. The highest BCUT2D eigenvalue weighted by molar-refractivity contribution is 4.90. The Morgan fingerprint density at radius 2 is 2.26 bits per heavy atom. The molecule has 2 aromatic heterocycles.